The van der Waals surface area contributed by atoms with Crippen molar-refractivity contribution in [3.63, 3.8) is 0 Å². The van der Waals surface area contributed by atoms with Crippen LogP contribution in [0.3, 0.4) is 0 Å². The van der Waals surface area contributed by atoms with E-state index in [4.69, 9.17) is 0 Å². The lowest BCUT2D eigenvalue weighted by molar-refractivity contribution is -0.384. The summed E-state index contributed by atoms with van der Waals surface area (Å²) in [4.78, 5) is 10.4. The molecule has 0 saturated heterocycles. The predicted octanol–water partition coefficient (Wildman–Crippen LogP) is 2.50. The normalized spacial score (nSPS) is 14.4. The monoisotopic (exact) mass is 294 g/mol. The lowest BCUT2D eigenvalue weighted by Gasteiger charge is -1.98. The van der Waals surface area contributed by atoms with Crippen LogP contribution in [-0.4, -0.2) is 21.2 Å². The molecule has 0 spiro atoms. The van der Waals surface area contributed by atoms with Gasteiger partial charge < -0.3 is 5.32 Å². The maximum atomic E-state index is 13.1. The number of nitrogens with zero attached hydrogens (tertiary/aromatic N) is 3. The highest BCUT2D eigenvalue weighted by atomic mass is 32.1. The van der Waals surface area contributed by atoms with Gasteiger partial charge in [-0.3, -0.25) is 10.1 Å². The molecule has 0 bridgehead atoms. The number of nitro groups is 1. The summed E-state index contributed by atoms with van der Waals surface area (Å²) in [7, 11) is 0. The van der Waals surface area contributed by atoms with Gasteiger partial charge in [0.05, 0.1) is 16.6 Å². The topological polar surface area (TPSA) is 81.0 Å². The van der Waals surface area contributed by atoms with Gasteiger partial charge in [0.2, 0.25) is 0 Å². The second-order valence-corrected chi connectivity index (χ2v) is 5.64. The largest absolute Gasteiger partial charge is 0.308 e. The summed E-state index contributed by atoms with van der Waals surface area (Å²) in [6.07, 6.45) is 2.35. The van der Waals surface area contributed by atoms with Crippen molar-refractivity contribution in [2.75, 3.05) is 0 Å². The van der Waals surface area contributed by atoms with E-state index in [1.165, 1.54) is 36.3 Å². The highest BCUT2D eigenvalue weighted by Gasteiger charge is 2.22. The minimum absolute atomic E-state index is 0.289. The van der Waals surface area contributed by atoms with E-state index in [0.717, 1.165) is 11.1 Å². The van der Waals surface area contributed by atoms with Gasteiger partial charge in [0, 0.05) is 12.6 Å². The molecule has 0 aliphatic heterocycles. The smallest absolute Gasteiger partial charge is 0.282 e. The molecule has 8 heteroatoms. The van der Waals surface area contributed by atoms with Crippen LogP contribution < -0.4 is 5.32 Å². The van der Waals surface area contributed by atoms with Crippen molar-refractivity contribution in [1.29, 1.82) is 0 Å². The molecule has 1 fully saturated rings. The van der Waals surface area contributed by atoms with Crippen molar-refractivity contribution in [2.24, 2.45) is 0 Å². The van der Waals surface area contributed by atoms with Gasteiger partial charge in [-0.25, -0.2) is 4.39 Å². The Hall–Kier alpha value is -1.93. The van der Waals surface area contributed by atoms with Crippen molar-refractivity contribution in [3.05, 3.63) is 39.1 Å². The van der Waals surface area contributed by atoms with E-state index in [2.05, 4.69) is 15.5 Å². The molecule has 6 nitrogen and oxygen atoms in total. The minimum atomic E-state index is -0.638. The maximum absolute atomic E-state index is 13.1. The van der Waals surface area contributed by atoms with Crippen LogP contribution in [0.15, 0.2) is 18.2 Å². The van der Waals surface area contributed by atoms with Crippen molar-refractivity contribution in [2.45, 2.75) is 25.4 Å². The molecule has 0 atom stereocenters. The summed E-state index contributed by atoms with van der Waals surface area (Å²) in [6, 6.07) is 4.01. The zero-order valence-electron chi connectivity index (χ0n) is 10.4. The maximum Gasteiger partial charge on any atom is 0.282 e. The van der Waals surface area contributed by atoms with Crippen molar-refractivity contribution in [1.82, 2.24) is 15.5 Å². The number of halogens is 1. The second kappa shape index (κ2) is 5.22. The summed E-state index contributed by atoms with van der Waals surface area (Å²) in [5, 5.41) is 23.4. The van der Waals surface area contributed by atoms with Gasteiger partial charge in [-0.05, 0) is 25.0 Å². The fraction of sp³-hybridized carbons (Fsp3) is 0.333. The van der Waals surface area contributed by atoms with E-state index < -0.39 is 10.7 Å². The van der Waals surface area contributed by atoms with Crippen molar-refractivity contribution in [3.8, 4) is 10.6 Å². The first-order valence-electron chi connectivity index (χ1n) is 6.13. The van der Waals surface area contributed by atoms with Gasteiger partial charge in [0.15, 0.2) is 5.01 Å². The molecule has 0 amide bonds. The van der Waals surface area contributed by atoms with Crippen LogP contribution in [0.2, 0.25) is 0 Å². The summed E-state index contributed by atoms with van der Waals surface area (Å²) >= 11 is 1.28. The Bertz CT molecular complexity index is 657. The fourth-order valence-electron chi connectivity index (χ4n) is 1.79. The molecule has 0 radical (unpaired) electrons. The number of benzene rings is 1. The van der Waals surface area contributed by atoms with Crippen LogP contribution in [0.25, 0.3) is 10.6 Å². The van der Waals surface area contributed by atoms with E-state index in [9.17, 15) is 14.5 Å². The quantitative estimate of drug-likeness (QED) is 0.677. The lowest BCUT2D eigenvalue weighted by Crippen LogP contribution is -2.14. The van der Waals surface area contributed by atoms with Crippen LogP contribution in [0, 0.1) is 15.9 Å². The Labute approximate surface area is 117 Å². The molecule has 3 rings (SSSR count). The molecule has 1 aromatic heterocycles. The van der Waals surface area contributed by atoms with Crippen LogP contribution in [-0.2, 0) is 6.54 Å². The fourth-order valence-corrected chi connectivity index (χ4v) is 2.61. The number of rotatable bonds is 5. The molecule has 1 aliphatic rings. The molecule has 0 unspecified atom stereocenters. The van der Waals surface area contributed by atoms with E-state index in [1.807, 2.05) is 0 Å². The van der Waals surface area contributed by atoms with Crippen LogP contribution >= 0.6 is 11.3 Å². The number of aromatic nitrogens is 2. The summed E-state index contributed by atoms with van der Waals surface area (Å²) in [5.74, 6) is -0.638. The molecule has 1 aromatic carbocycles. The minimum Gasteiger partial charge on any atom is -0.308 e. The summed E-state index contributed by atoms with van der Waals surface area (Å²) in [5.41, 5.74) is 0.00873. The SMILES string of the molecule is O=[N+]([O-])c1cc(F)ccc1-c1nnc(CNC2CC2)s1. The van der Waals surface area contributed by atoms with Crippen LogP contribution in [0.1, 0.15) is 17.8 Å². The third-order valence-electron chi connectivity index (χ3n) is 2.97. The van der Waals surface area contributed by atoms with Crippen molar-refractivity contribution < 1.29 is 9.31 Å². The van der Waals surface area contributed by atoms with E-state index in [0.29, 0.717) is 23.2 Å². The second-order valence-electron chi connectivity index (χ2n) is 4.57. The lowest BCUT2D eigenvalue weighted by atomic mass is 10.2. The Morgan fingerprint density at radius 3 is 2.95 bits per heavy atom. The molecule has 2 aromatic rings. The number of hydrogen-bond donors (Lipinski definition) is 1. The zero-order chi connectivity index (χ0) is 14.1. The van der Waals surface area contributed by atoms with Gasteiger partial charge in [-0.15, -0.1) is 10.2 Å². The zero-order valence-corrected chi connectivity index (χ0v) is 11.2. The molecule has 1 aliphatic carbocycles. The Kier molecular flexibility index (Phi) is 3.41. The Morgan fingerprint density at radius 2 is 2.25 bits per heavy atom. The van der Waals surface area contributed by atoms with Crippen LogP contribution in [0.4, 0.5) is 10.1 Å². The number of hydrogen-bond acceptors (Lipinski definition) is 6. The van der Waals surface area contributed by atoms with E-state index >= 15 is 0 Å². The highest BCUT2D eigenvalue weighted by Crippen LogP contribution is 2.32. The molecular weight excluding hydrogens is 283 g/mol. The molecule has 1 N–H and O–H groups in total. The standard InChI is InChI=1S/C12H11FN4O2S/c13-7-1-4-9(10(5-7)17(18)19)12-16-15-11(20-12)6-14-8-2-3-8/h1,4-5,8,14H,2-3,6H2. The number of nitrogens with one attached hydrogen (secondary N) is 1. The highest BCUT2D eigenvalue weighted by molar-refractivity contribution is 7.14. The van der Waals surface area contributed by atoms with E-state index in [1.54, 1.807) is 0 Å². The van der Waals surface area contributed by atoms with Crippen LogP contribution in [0.5, 0.6) is 0 Å². The van der Waals surface area contributed by atoms with E-state index in [-0.39, 0.29) is 5.69 Å². The summed E-state index contributed by atoms with van der Waals surface area (Å²) in [6.45, 7) is 0.608. The Balaban J connectivity index is 1.86. The first kappa shape index (κ1) is 13.1. The Morgan fingerprint density at radius 1 is 1.45 bits per heavy atom. The summed E-state index contributed by atoms with van der Waals surface area (Å²) < 4.78 is 13.1. The van der Waals surface area contributed by atoms with Gasteiger partial charge in [0.1, 0.15) is 10.8 Å². The average molecular weight is 294 g/mol. The first-order valence-corrected chi connectivity index (χ1v) is 6.95. The van der Waals surface area contributed by atoms with Gasteiger partial charge in [-0.2, -0.15) is 0 Å². The molecule has 1 saturated carbocycles. The molecule has 104 valence electrons. The molecule has 20 heavy (non-hydrogen) atoms. The third-order valence-corrected chi connectivity index (χ3v) is 3.93. The average Bonchev–Trinajstić information content (AvgIpc) is 3.14. The van der Waals surface area contributed by atoms with Gasteiger partial charge in [-0.1, -0.05) is 11.3 Å². The molecular formula is C12H11FN4O2S. The van der Waals surface area contributed by atoms with Crippen molar-refractivity contribution >= 4 is 17.0 Å². The third kappa shape index (κ3) is 2.81. The molecule has 1 heterocycles. The van der Waals surface area contributed by atoms with Gasteiger partial charge in [0.25, 0.3) is 5.69 Å². The first-order chi connectivity index (χ1) is 9.63. The number of nitro benzene ring substituents is 1. The predicted molar refractivity (Wildman–Crippen MR) is 71.8 cm³/mol. The van der Waals surface area contributed by atoms with Gasteiger partial charge >= 0.3 is 0 Å².